The summed E-state index contributed by atoms with van der Waals surface area (Å²) in [4.78, 5) is 31.0. The molecule has 0 fully saturated rings. The fraction of sp³-hybridized carbons (Fsp3) is 0.0625. The van der Waals surface area contributed by atoms with E-state index in [1.807, 2.05) is 0 Å². The van der Waals surface area contributed by atoms with Crippen LogP contribution in [0.25, 0.3) is 10.9 Å². The van der Waals surface area contributed by atoms with Crippen LogP contribution in [0.2, 0.25) is 5.02 Å². The summed E-state index contributed by atoms with van der Waals surface area (Å²) >= 11 is 5.93. The maximum absolute atomic E-state index is 12.3. The van der Waals surface area contributed by atoms with Crippen LogP contribution in [0, 0.1) is 0 Å². The number of fused-ring (bicyclic) bond motifs is 1. The molecule has 0 saturated heterocycles. The van der Waals surface area contributed by atoms with Crippen molar-refractivity contribution < 1.29 is 9.53 Å². The molecule has 0 saturated carbocycles. The Balaban J connectivity index is 1.98. The van der Waals surface area contributed by atoms with Gasteiger partial charge in [-0.25, -0.2) is 4.98 Å². The molecule has 2 N–H and O–H groups in total. The summed E-state index contributed by atoms with van der Waals surface area (Å²) in [6, 6.07) is 11.6. The van der Waals surface area contributed by atoms with Gasteiger partial charge in [-0.1, -0.05) is 23.7 Å². The molecule has 3 aromatic rings. The van der Waals surface area contributed by atoms with Crippen molar-refractivity contribution in [2.75, 3.05) is 12.4 Å². The highest BCUT2D eigenvalue weighted by Gasteiger charge is 2.14. The first-order valence-corrected chi connectivity index (χ1v) is 7.10. The van der Waals surface area contributed by atoms with Crippen LogP contribution < -0.4 is 15.6 Å². The topological polar surface area (TPSA) is 84.1 Å². The number of hydrogen-bond donors (Lipinski definition) is 2. The first-order valence-electron chi connectivity index (χ1n) is 6.72. The molecule has 1 amide bonds. The number of carbonyl (C=O) groups excluding carboxylic acids is 1. The van der Waals surface area contributed by atoms with E-state index in [1.165, 1.54) is 7.11 Å². The van der Waals surface area contributed by atoms with Crippen LogP contribution in [-0.4, -0.2) is 23.0 Å². The number of benzene rings is 2. The number of halogens is 1. The number of para-hydroxylation sites is 1. The van der Waals surface area contributed by atoms with Crippen LogP contribution in [-0.2, 0) is 0 Å². The van der Waals surface area contributed by atoms with Gasteiger partial charge in [-0.05, 0) is 30.3 Å². The van der Waals surface area contributed by atoms with Gasteiger partial charge in [0.05, 0.1) is 23.7 Å². The van der Waals surface area contributed by atoms with E-state index in [2.05, 4.69) is 15.3 Å². The van der Waals surface area contributed by atoms with E-state index in [-0.39, 0.29) is 11.4 Å². The van der Waals surface area contributed by atoms with Crippen LogP contribution >= 0.6 is 11.6 Å². The lowest BCUT2D eigenvalue weighted by Gasteiger charge is -2.10. The molecule has 0 bridgehead atoms. The molecule has 23 heavy (non-hydrogen) atoms. The zero-order valence-corrected chi connectivity index (χ0v) is 12.8. The molecule has 1 aromatic heterocycles. The van der Waals surface area contributed by atoms with Gasteiger partial charge in [-0.2, -0.15) is 0 Å². The predicted molar refractivity (Wildman–Crippen MR) is 88.3 cm³/mol. The zero-order valence-electron chi connectivity index (χ0n) is 12.1. The van der Waals surface area contributed by atoms with Crippen LogP contribution in [0.1, 0.15) is 10.6 Å². The molecule has 116 valence electrons. The minimum absolute atomic E-state index is 0.0873. The highest BCUT2D eigenvalue weighted by atomic mass is 35.5. The SMILES string of the molecule is COc1ccc(Cl)cc1NC(=O)c1nc2ccccc2c(=O)[nH]1. The summed E-state index contributed by atoms with van der Waals surface area (Å²) in [5.41, 5.74) is 0.457. The molecular weight excluding hydrogens is 318 g/mol. The van der Waals surface area contributed by atoms with Crippen molar-refractivity contribution in [3.05, 3.63) is 63.7 Å². The van der Waals surface area contributed by atoms with Gasteiger partial charge in [0.15, 0.2) is 5.82 Å². The second-order valence-corrected chi connectivity index (χ2v) is 5.17. The monoisotopic (exact) mass is 329 g/mol. The van der Waals surface area contributed by atoms with Gasteiger partial charge in [0.1, 0.15) is 5.75 Å². The van der Waals surface area contributed by atoms with E-state index >= 15 is 0 Å². The quantitative estimate of drug-likeness (QED) is 0.774. The Labute approximate surface area is 136 Å². The zero-order chi connectivity index (χ0) is 16.4. The maximum Gasteiger partial charge on any atom is 0.291 e. The summed E-state index contributed by atoms with van der Waals surface area (Å²) in [7, 11) is 1.48. The molecule has 6 nitrogen and oxygen atoms in total. The van der Waals surface area contributed by atoms with E-state index in [9.17, 15) is 9.59 Å². The number of ether oxygens (including phenoxy) is 1. The van der Waals surface area contributed by atoms with Gasteiger partial charge >= 0.3 is 0 Å². The van der Waals surface area contributed by atoms with Crippen molar-refractivity contribution >= 4 is 34.1 Å². The van der Waals surface area contributed by atoms with Gasteiger partial charge in [0.2, 0.25) is 0 Å². The molecule has 0 aliphatic rings. The molecular formula is C16H12ClN3O3. The van der Waals surface area contributed by atoms with Gasteiger partial charge in [-0.3, -0.25) is 9.59 Å². The third-order valence-corrected chi connectivity index (χ3v) is 3.47. The molecule has 0 radical (unpaired) electrons. The number of aromatic nitrogens is 2. The van der Waals surface area contributed by atoms with Gasteiger partial charge in [0.25, 0.3) is 11.5 Å². The fourth-order valence-corrected chi connectivity index (χ4v) is 2.33. The number of hydrogen-bond acceptors (Lipinski definition) is 4. The molecule has 0 atom stereocenters. The predicted octanol–water partition coefficient (Wildman–Crippen LogP) is 2.84. The van der Waals surface area contributed by atoms with Gasteiger partial charge in [0, 0.05) is 5.02 Å². The molecule has 3 rings (SSSR count). The lowest BCUT2D eigenvalue weighted by molar-refractivity contribution is 0.101. The van der Waals surface area contributed by atoms with Crippen LogP contribution in [0.3, 0.4) is 0 Å². The average molecular weight is 330 g/mol. The highest BCUT2D eigenvalue weighted by Crippen LogP contribution is 2.27. The number of aromatic amines is 1. The Hall–Kier alpha value is -2.86. The van der Waals surface area contributed by atoms with Crippen molar-refractivity contribution in [1.82, 2.24) is 9.97 Å². The lowest BCUT2D eigenvalue weighted by atomic mass is 10.2. The molecule has 2 aromatic carbocycles. The van der Waals surface area contributed by atoms with Crippen molar-refractivity contribution in [2.45, 2.75) is 0 Å². The Bertz CT molecular complexity index is 953. The summed E-state index contributed by atoms with van der Waals surface area (Å²) in [6.45, 7) is 0. The van der Waals surface area contributed by atoms with Gasteiger partial charge in [-0.15, -0.1) is 0 Å². The minimum atomic E-state index is -0.562. The number of rotatable bonds is 3. The van der Waals surface area contributed by atoms with E-state index in [0.29, 0.717) is 27.4 Å². The van der Waals surface area contributed by atoms with Crippen LogP contribution in [0.15, 0.2) is 47.3 Å². The van der Waals surface area contributed by atoms with E-state index in [0.717, 1.165) is 0 Å². The van der Waals surface area contributed by atoms with Gasteiger partial charge < -0.3 is 15.0 Å². The Morgan fingerprint density at radius 1 is 1.26 bits per heavy atom. The average Bonchev–Trinajstić information content (AvgIpc) is 2.55. The number of carbonyl (C=O) groups is 1. The summed E-state index contributed by atoms with van der Waals surface area (Å²) in [6.07, 6.45) is 0. The molecule has 7 heteroatoms. The smallest absolute Gasteiger partial charge is 0.291 e. The van der Waals surface area contributed by atoms with Crippen LogP contribution in [0.5, 0.6) is 5.75 Å². The number of amides is 1. The Morgan fingerprint density at radius 3 is 2.83 bits per heavy atom. The molecule has 0 aliphatic carbocycles. The van der Waals surface area contributed by atoms with Crippen LogP contribution in [0.4, 0.5) is 5.69 Å². The second-order valence-electron chi connectivity index (χ2n) is 4.73. The molecule has 0 unspecified atom stereocenters. The number of nitrogens with zero attached hydrogens (tertiary/aromatic N) is 1. The number of methoxy groups -OCH3 is 1. The first kappa shape index (κ1) is 15.1. The number of H-pyrrole nitrogens is 1. The van der Waals surface area contributed by atoms with Crippen molar-refractivity contribution in [1.29, 1.82) is 0 Å². The third-order valence-electron chi connectivity index (χ3n) is 3.24. The highest BCUT2D eigenvalue weighted by molar-refractivity contribution is 6.31. The van der Waals surface area contributed by atoms with Crippen molar-refractivity contribution in [3.8, 4) is 5.75 Å². The number of nitrogens with one attached hydrogen (secondary N) is 2. The van der Waals surface area contributed by atoms with E-state index in [4.69, 9.17) is 16.3 Å². The molecule has 0 spiro atoms. The Kier molecular flexibility index (Phi) is 3.99. The maximum atomic E-state index is 12.3. The normalized spacial score (nSPS) is 10.5. The van der Waals surface area contributed by atoms with Crippen molar-refractivity contribution in [3.63, 3.8) is 0 Å². The minimum Gasteiger partial charge on any atom is -0.495 e. The second kappa shape index (κ2) is 6.10. The lowest BCUT2D eigenvalue weighted by Crippen LogP contribution is -2.21. The molecule has 1 heterocycles. The van der Waals surface area contributed by atoms with E-state index < -0.39 is 5.91 Å². The largest absolute Gasteiger partial charge is 0.495 e. The molecule has 0 aliphatic heterocycles. The number of anilines is 1. The standard InChI is InChI=1S/C16H12ClN3O3/c1-23-13-7-6-9(17)8-12(13)19-16(22)14-18-11-5-3-2-4-10(11)15(21)20-14/h2-8H,1H3,(H,19,22)(H,18,20,21). The summed E-state index contributed by atoms with van der Waals surface area (Å²) in [5.74, 6) is -0.199. The Morgan fingerprint density at radius 2 is 2.04 bits per heavy atom. The fourth-order valence-electron chi connectivity index (χ4n) is 2.15. The third kappa shape index (κ3) is 3.02. The van der Waals surface area contributed by atoms with Crippen molar-refractivity contribution in [2.24, 2.45) is 0 Å². The first-order chi connectivity index (χ1) is 11.1. The van der Waals surface area contributed by atoms with E-state index in [1.54, 1.807) is 42.5 Å². The summed E-state index contributed by atoms with van der Waals surface area (Å²) < 4.78 is 5.17. The summed E-state index contributed by atoms with van der Waals surface area (Å²) in [5, 5.41) is 3.50.